The van der Waals surface area contributed by atoms with Crippen LogP contribution in [0.15, 0.2) is 40.9 Å². The SMILES string of the molecule is Cc1nc(-c2cccc(-c3cc(F)c4c(c3)CC(CN)O4)c2)no1. The van der Waals surface area contributed by atoms with E-state index in [1.54, 1.807) is 6.92 Å². The fraction of sp³-hybridized carbons (Fsp3) is 0.222. The molecule has 0 spiro atoms. The van der Waals surface area contributed by atoms with E-state index in [9.17, 15) is 4.39 Å². The van der Waals surface area contributed by atoms with Gasteiger partial charge in [0.1, 0.15) is 6.10 Å². The van der Waals surface area contributed by atoms with E-state index in [-0.39, 0.29) is 11.9 Å². The fourth-order valence-electron chi connectivity index (χ4n) is 2.94. The van der Waals surface area contributed by atoms with Gasteiger partial charge in [0.2, 0.25) is 11.7 Å². The minimum atomic E-state index is -0.362. The highest BCUT2D eigenvalue weighted by Crippen LogP contribution is 2.36. The third-order valence-electron chi connectivity index (χ3n) is 4.10. The van der Waals surface area contributed by atoms with Gasteiger partial charge >= 0.3 is 0 Å². The van der Waals surface area contributed by atoms with Crippen LogP contribution in [0.5, 0.6) is 5.75 Å². The first-order valence-electron chi connectivity index (χ1n) is 7.74. The van der Waals surface area contributed by atoms with Crippen molar-refractivity contribution in [2.45, 2.75) is 19.4 Å². The highest BCUT2D eigenvalue weighted by molar-refractivity contribution is 5.71. The van der Waals surface area contributed by atoms with Crippen molar-refractivity contribution in [1.29, 1.82) is 0 Å². The molecule has 2 aromatic carbocycles. The van der Waals surface area contributed by atoms with E-state index >= 15 is 0 Å². The molecule has 1 aliphatic rings. The molecule has 5 nitrogen and oxygen atoms in total. The van der Waals surface area contributed by atoms with Crippen molar-refractivity contribution in [2.24, 2.45) is 5.73 Å². The van der Waals surface area contributed by atoms with E-state index in [4.69, 9.17) is 15.0 Å². The Hall–Kier alpha value is -2.73. The molecule has 2 heterocycles. The van der Waals surface area contributed by atoms with Crippen LogP contribution in [0.1, 0.15) is 11.5 Å². The molecule has 3 aromatic rings. The zero-order chi connectivity index (χ0) is 16.7. The first kappa shape index (κ1) is 14.8. The van der Waals surface area contributed by atoms with E-state index in [0.717, 1.165) is 22.3 Å². The predicted molar refractivity (Wildman–Crippen MR) is 87.0 cm³/mol. The summed E-state index contributed by atoms with van der Waals surface area (Å²) in [5.74, 6) is 0.977. The Bertz CT molecular complexity index is 907. The van der Waals surface area contributed by atoms with Crippen LogP contribution in [-0.4, -0.2) is 22.8 Å². The average Bonchev–Trinajstić information content (AvgIpc) is 3.21. The molecule has 1 unspecified atom stereocenters. The lowest BCUT2D eigenvalue weighted by molar-refractivity contribution is 0.232. The molecule has 24 heavy (non-hydrogen) atoms. The fourth-order valence-corrected chi connectivity index (χ4v) is 2.94. The highest BCUT2D eigenvalue weighted by atomic mass is 19.1. The van der Waals surface area contributed by atoms with Gasteiger partial charge in [0.15, 0.2) is 11.6 Å². The minimum Gasteiger partial charge on any atom is -0.485 e. The van der Waals surface area contributed by atoms with Crippen LogP contribution >= 0.6 is 0 Å². The van der Waals surface area contributed by atoms with Crippen molar-refractivity contribution >= 4 is 0 Å². The second-order valence-electron chi connectivity index (χ2n) is 5.84. The smallest absolute Gasteiger partial charge is 0.223 e. The van der Waals surface area contributed by atoms with Gasteiger partial charge in [-0.3, -0.25) is 0 Å². The van der Waals surface area contributed by atoms with E-state index in [2.05, 4.69) is 10.1 Å². The van der Waals surface area contributed by atoms with Gasteiger partial charge in [-0.25, -0.2) is 4.39 Å². The van der Waals surface area contributed by atoms with Crippen molar-refractivity contribution in [1.82, 2.24) is 10.1 Å². The number of nitrogens with two attached hydrogens (primary N) is 1. The zero-order valence-corrected chi connectivity index (χ0v) is 13.1. The molecule has 0 saturated carbocycles. The van der Waals surface area contributed by atoms with Crippen LogP contribution < -0.4 is 10.5 Å². The largest absolute Gasteiger partial charge is 0.485 e. The number of aryl methyl sites for hydroxylation is 1. The molecular weight excluding hydrogens is 309 g/mol. The monoisotopic (exact) mass is 325 g/mol. The summed E-state index contributed by atoms with van der Waals surface area (Å²) in [6.07, 6.45) is 0.471. The third kappa shape index (κ3) is 2.55. The summed E-state index contributed by atoms with van der Waals surface area (Å²) in [5.41, 5.74) is 8.97. The first-order chi connectivity index (χ1) is 11.6. The van der Waals surface area contributed by atoms with Crippen LogP contribution in [0.2, 0.25) is 0 Å². The minimum absolute atomic E-state index is 0.154. The topological polar surface area (TPSA) is 74.2 Å². The number of aromatic nitrogens is 2. The van der Waals surface area contributed by atoms with E-state index in [0.29, 0.717) is 30.4 Å². The maximum atomic E-state index is 14.4. The Balaban J connectivity index is 1.74. The Morgan fingerprint density at radius 1 is 1.21 bits per heavy atom. The summed E-state index contributed by atoms with van der Waals surface area (Å²) < 4.78 is 24.9. The van der Waals surface area contributed by atoms with Gasteiger partial charge in [-0.05, 0) is 29.3 Å². The van der Waals surface area contributed by atoms with E-state index < -0.39 is 0 Å². The predicted octanol–water partition coefficient (Wildman–Crippen LogP) is 3.11. The van der Waals surface area contributed by atoms with Gasteiger partial charge in [-0.2, -0.15) is 4.98 Å². The summed E-state index contributed by atoms with van der Waals surface area (Å²) in [6, 6.07) is 11.1. The number of rotatable bonds is 3. The molecule has 1 aromatic heterocycles. The first-order valence-corrected chi connectivity index (χ1v) is 7.74. The number of fused-ring (bicyclic) bond motifs is 1. The van der Waals surface area contributed by atoms with Crippen LogP contribution in [0.25, 0.3) is 22.5 Å². The summed E-state index contributed by atoms with van der Waals surface area (Å²) >= 11 is 0. The molecule has 0 saturated heterocycles. The summed E-state index contributed by atoms with van der Waals surface area (Å²) in [4.78, 5) is 4.23. The quantitative estimate of drug-likeness (QED) is 0.801. The maximum Gasteiger partial charge on any atom is 0.223 e. The zero-order valence-electron chi connectivity index (χ0n) is 13.1. The summed E-state index contributed by atoms with van der Waals surface area (Å²) in [6.45, 7) is 2.11. The van der Waals surface area contributed by atoms with Crippen LogP contribution in [-0.2, 0) is 6.42 Å². The Morgan fingerprint density at radius 2 is 2.04 bits per heavy atom. The van der Waals surface area contributed by atoms with Gasteiger partial charge in [0.25, 0.3) is 0 Å². The normalized spacial score (nSPS) is 16.0. The number of hydrogen-bond acceptors (Lipinski definition) is 5. The Morgan fingerprint density at radius 3 is 2.79 bits per heavy atom. The lowest BCUT2D eigenvalue weighted by Crippen LogP contribution is -2.24. The van der Waals surface area contributed by atoms with Crippen molar-refractivity contribution < 1.29 is 13.7 Å². The van der Waals surface area contributed by atoms with Crippen molar-refractivity contribution in [3.8, 4) is 28.3 Å². The molecule has 0 bridgehead atoms. The molecular formula is C18H16FN3O2. The Kier molecular flexibility index (Phi) is 3.54. The molecule has 1 aliphatic heterocycles. The number of ether oxygens (including phenoxy) is 1. The molecule has 1 atom stereocenters. The molecule has 0 amide bonds. The molecule has 0 radical (unpaired) electrons. The molecule has 0 aliphatic carbocycles. The van der Waals surface area contributed by atoms with Gasteiger partial charge in [0.05, 0.1) is 0 Å². The Labute approximate surface area is 138 Å². The van der Waals surface area contributed by atoms with Crippen LogP contribution in [0, 0.1) is 12.7 Å². The van der Waals surface area contributed by atoms with E-state index in [1.165, 1.54) is 6.07 Å². The van der Waals surface area contributed by atoms with Gasteiger partial charge < -0.3 is 15.0 Å². The van der Waals surface area contributed by atoms with Gasteiger partial charge in [0, 0.05) is 31.0 Å². The second kappa shape index (κ2) is 5.72. The molecule has 4 rings (SSSR count). The van der Waals surface area contributed by atoms with Crippen molar-refractivity contribution in [2.75, 3.05) is 6.54 Å². The third-order valence-corrected chi connectivity index (χ3v) is 4.10. The lowest BCUT2D eigenvalue weighted by Gasteiger charge is -2.08. The maximum absolute atomic E-state index is 14.4. The second-order valence-corrected chi connectivity index (χ2v) is 5.84. The van der Waals surface area contributed by atoms with Crippen molar-refractivity contribution in [3.05, 3.63) is 53.7 Å². The molecule has 2 N–H and O–H groups in total. The summed E-state index contributed by atoms with van der Waals surface area (Å²) in [5, 5.41) is 3.92. The van der Waals surface area contributed by atoms with Crippen LogP contribution in [0.4, 0.5) is 4.39 Å². The van der Waals surface area contributed by atoms with Crippen molar-refractivity contribution in [3.63, 3.8) is 0 Å². The average molecular weight is 325 g/mol. The standard InChI is InChI=1S/C18H16FN3O2/c1-10-21-18(22-24-10)12-4-2-3-11(5-12)13-6-14-7-15(9-20)23-17(14)16(19)8-13/h2-6,8,15H,7,9,20H2,1H3. The van der Waals surface area contributed by atoms with E-state index in [1.807, 2.05) is 30.3 Å². The van der Waals surface area contributed by atoms with Gasteiger partial charge in [-0.1, -0.05) is 23.4 Å². The molecule has 6 heteroatoms. The number of halogens is 1. The highest BCUT2D eigenvalue weighted by Gasteiger charge is 2.25. The molecule has 0 fully saturated rings. The number of nitrogens with zero attached hydrogens (tertiary/aromatic N) is 2. The number of benzene rings is 2. The number of hydrogen-bond donors (Lipinski definition) is 1. The van der Waals surface area contributed by atoms with Gasteiger partial charge in [-0.15, -0.1) is 0 Å². The van der Waals surface area contributed by atoms with Crippen LogP contribution in [0.3, 0.4) is 0 Å². The lowest BCUT2D eigenvalue weighted by atomic mass is 9.99. The molecule has 122 valence electrons. The summed E-state index contributed by atoms with van der Waals surface area (Å²) in [7, 11) is 0.